The minimum atomic E-state index is 0. The van der Waals surface area contributed by atoms with Gasteiger partial charge in [-0.1, -0.05) is 59.8 Å². The Morgan fingerprint density at radius 2 is 1.80 bits per heavy atom. The average molecular weight is 491 g/mol. The van der Waals surface area contributed by atoms with Crippen LogP contribution in [0.5, 0.6) is 0 Å². The first kappa shape index (κ1) is 23.2. The number of morpholine rings is 1. The van der Waals surface area contributed by atoms with Crippen LogP contribution in [-0.2, 0) is 4.74 Å². The number of benzene rings is 2. The Labute approximate surface area is 195 Å². The summed E-state index contributed by atoms with van der Waals surface area (Å²) >= 11 is 1.87. The van der Waals surface area contributed by atoms with Crippen LogP contribution < -0.4 is 5.32 Å². The lowest BCUT2D eigenvalue weighted by Crippen LogP contribution is -2.39. The third-order valence-electron chi connectivity index (χ3n) is 5.61. The molecular formula is C24H32BrN3OS. The minimum Gasteiger partial charge on any atom is -0.379 e. The number of nitrogens with one attached hydrogen (secondary N) is 1. The first-order chi connectivity index (χ1) is 14.2. The van der Waals surface area contributed by atoms with Crippen molar-refractivity contribution < 1.29 is 4.74 Å². The Hall–Kier alpha value is -1.47. The molecule has 1 N–H and O–H groups in total. The van der Waals surface area contributed by atoms with Crippen molar-refractivity contribution in [2.24, 2.45) is 0 Å². The molecule has 0 aliphatic carbocycles. The third kappa shape index (κ3) is 5.82. The fourth-order valence-electron chi connectivity index (χ4n) is 3.99. The van der Waals surface area contributed by atoms with Gasteiger partial charge < -0.3 is 15.0 Å². The maximum absolute atomic E-state index is 5.48. The maximum atomic E-state index is 5.48. The van der Waals surface area contributed by atoms with Crippen molar-refractivity contribution in [3.63, 3.8) is 0 Å². The normalized spacial score (nSPS) is 19.3. The van der Waals surface area contributed by atoms with Crippen molar-refractivity contribution in [1.29, 1.82) is 0 Å². The van der Waals surface area contributed by atoms with Gasteiger partial charge in [0.2, 0.25) is 0 Å². The molecule has 1 fully saturated rings. The zero-order valence-electron chi connectivity index (χ0n) is 17.8. The minimum absolute atomic E-state index is 0. The van der Waals surface area contributed by atoms with E-state index in [4.69, 9.17) is 4.74 Å². The van der Waals surface area contributed by atoms with Gasteiger partial charge in [0, 0.05) is 31.9 Å². The highest BCUT2D eigenvalue weighted by Gasteiger charge is 2.28. The zero-order valence-corrected chi connectivity index (χ0v) is 20.4. The lowest BCUT2D eigenvalue weighted by atomic mass is 10.1. The maximum Gasteiger partial charge on any atom is 0.152 e. The zero-order chi connectivity index (χ0) is 20.1. The topological polar surface area (TPSA) is 27.7 Å². The van der Waals surface area contributed by atoms with E-state index < -0.39 is 0 Å². The van der Waals surface area contributed by atoms with Gasteiger partial charge in [-0.15, -0.1) is 17.0 Å². The summed E-state index contributed by atoms with van der Waals surface area (Å²) in [5.41, 5.74) is 6.64. The average Bonchev–Trinajstić information content (AvgIpc) is 3.14. The number of hydrogen-bond donors (Lipinski definition) is 1. The van der Waals surface area contributed by atoms with Gasteiger partial charge in [-0.25, -0.2) is 0 Å². The van der Waals surface area contributed by atoms with Crippen molar-refractivity contribution in [2.75, 3.05) is 44.7 Å². The molecule has 0 spiro atoms. The third-order valence-corrected chi connectivity index (χ3v) is 6.60. The van der Waals surface area contributed by atoms with Gasteiger partial charge in [-0.2, -0.15) is 0 Å². The Balaban J connectivity index is 0.00000256. The number of thioether (sulfide) groups is 1. The van der Waals surface area contributed by atoms with Gasteiger partial charge in [-0.05, 0) is 42.9 Å². The summed E-state index contributed by atoms with van der Waals surface area (Å²) in [6.45, 7) is 10.3. The molecule has 1 saturated heterocycles. The molecule has 30 heavy (non-hydrogen) atoms. The summed E-state index contributed by atoms with van der Waals surface area (Å²) in [5.74, 6) is 0. The Morgan fingerprint density at radius 1 is 1.03 bits per heavy atom. The number of hydrogen-bond acceptors (Lipinski definition) is 5. The van der Waals surface area contributed by atoms with Crippen molar-refractivity contribution in [3.05, 3.63) is 70.6 Å². The number of anilines is 1. The van der Waals surface area contributed by atoms with Crippen molar-refractivity contribution in [3.8, 4) is 0 Å². The first-order valence-corrected chi connectivity index (χ1v) is 11.5. The molecule has 2 aliphatic heterocycles. The summed E-state index contributed by atoms with van der Waals surface area (Å²) in [7, 11) is 0. The van der Waals surface area contributed by atoms with E-state index in [1.54, 1.807) is 0 Å². The molecule has 0 bridgehead atoms. The second-order valence-electron chi connectivity index (χ2n) is 7.82. The predicted molar refractivity (Wildman–Crippen MR) is 134 cm³/mol. The van der Waals surface area contributed by atoms with Crippen LogP contribution >= 0.6 is 28.7 Å². The molecule has 0 amide bonds. The fraction of sp³-hybridized carbons (Fsp3) is 0.417. The van der Waals surface area contributed by atoms with Crippen LogP contribution in [0.15, 0.2) is 53.9 Å². The Morgan fingerprint density at radius 3 is 2.53 bits per heavy atom. The lowest BCUT2D eigenvalue weighted by Gasteiger charge is -2.32. The van der Waals surface area contributed by atoms with Gasteiger partial charge in [0.1, 0.15) is 0 Å². The largest absolute Gasteiger partial charge is 0.379 e. The molecule has 0 aromatic heterocycles. The van der Waals surface area contributed by atoms with E-state index in [2.05, 4.69) is 82.9 Å². The van der Waals surface area contributed by atoms with E-state index >= 15 is 0 Å². The Bertz CT molecular complexity index is 840. The summed E-state index contributed by atoms with van der Waals surface area (Å²) in [6, 6.07) is 17.4. The van der Waals surface area contributed by atoms with Crippen LogP contribution in [-0.4, -0.2) is 54.7 Å². The number of rotatable bonds is 7. The van der Waals surface area contributed by atoms with E-state index in [0.29, 0.717) is 0 Å². The number of aryl methyl sites for hydroxylation is 2. The van der Waals surface area contributed by atoms with Gasteiger partial charge in [-0.3, -0.25) is 4.90 Å². The molecule has 2 aromatic carbocycles. The van der Waals surface area contributed by atoms with Crippen molar-refractivity contribution in [2.45, 2.75) is 25.8 Å². The summed E-state index contributed by atoms with van der Waals surface area (Å²) < 4.78 is 5.48. The molecule has 2 aromatic rings. The standard InChI is InChI=1S/C24H31N3OS.BrH/c1-19-9-10-22(20(2)17-19)25-24-27(12-6-11-26-13-15-28-16-14-26)23(18-29-24)21-7-4-3-5-8-21;/h3-5,7-10,17-18,24-25H,6,11-16H2,1-2H3;1H. The molecule has 6 heteroatoms. The summed E-state index contributed by atoms with van der Waals surface area (Å²) in [6.07, 6.45) is 1.15. The quantitative estimate of drug-likeness (QED) is 0.565. The predicted octanol–water partition coefficient (Wildman–Crippen LogP) is 5.35. The molecule has 0 saturated carbocycles. The highest BCUT2D eigenvalue weighted by Crippen LogP contribution is 2.37. The SMILES string of the molecule is Br.Cc1ccc(NC2SC=C(c3ccccc3)N2CCCN2CCOCC2)c(C)c1. The highest BCUT2D eigenvalue weighted by atomic mass is 79.9. The highest BCUT2D eigenvalue weighted by molar-refractivity contribution is 8.93. The monoisotopic (exact) mass is 489 g/mol. The number of ether oxygens (including phenoxy) is 1. The Kier molecular flexibility index (Phi) is 8.69. The number of nitrogens with zero attached hydrogens (tertiary/aromatic N) is 2. The van der Waals surface area contributed by atoms with E-state index in [9.17, 15) is 0 Å². The van der Waals surface area contributed by atoms with Gasteiger partial charge in [0.15, 0.2) is 5.50 Å². The van der Waals surface area contributed by atoms with Crippen LogP contribution in [0.3, 0.4) is 0 Å². The van der Waals surface area contributed by atoms with Crippen LogP contribution in [0, 0.1) is 13.8 Å². The lowest BCUT2D eigenvalue weighted by molar-refractivity contribution is 0.0367. The molecule has 162 valence electrons. The molecule has 1 unspecified atom stereocenters. The molecule has 4 nitrogen and oxygen atoms in total. The molecule has 2 aliphatic rings. The molecule has 4 rings (SSSR count). The van der Waals surface area contributed by atoms with Gasteiger partial charge in [0.05, 0.1) is 18.9 Å². The van der Waals surface area contributed by atoms with Crippen LogP contribution in [0.2, 0.25) is 0 Å². The second kappa shape index (κ2) is 11.2. The molecule has 0 radical (unpaired) electrons. The summed E-state index contributed by atoms with van der Waals surface area (Å²) in [5, 5.41) is 6.09. The van der Waals surface area contributed by atoms with E-state index in [1.807, 2.05) is 11.8 Å². The second-order valence-corrected chi connectivity index (χ2v) is 8.78. The van der Waals surface area contributed by atoms with Crippen molar-refractivity contribution in [1.82, 2.24) is 9.80 Å². The van der Waals surface area contributed by atoms with E-state index in [0.717, 1.165) is 45.8 Å². The van der Waals surface area contributed by atoms with E-state index in [1.165, 1.54) is 28.1 Å². The van der Waals surface area contributed by atoms with Crippen LogP contribution in [0.1, 0.15) is 23.1 Å². The van der Waals surface area contributed by atoms with Crippen LogP contribution in [0.25, 0.3) is 5.70 Å². The first-order valence-electron chi connectivity index (χ1n) is 10.5. The van der Waals surface area contributed by atoms with Crippen molar-refractivity contribution >= 4 is 40.1 Å². The smallest absolute Gasteiger partial charge is 0.152 e. The molecular weight excluding hydrogens is 458 g/mol. The van der Waals surface area contributed by atoms with Gasteiger partial charge in [0.25, 0.3) is 0 Å². The number of halogens is 1. The summed E-state index contributed by atoms with van der Waals surface area (Å²) in [4.78, 5) is 5.05. The van der Waals surface area contributed by atoms with E-state index in [-0.39, 0.29) is 22.5 Å². The van der Waals surface area contributed by atoms with Gasteiger partial charge >= 0.3 is 0 Å². The van der Waals surface area contributed by atoms with Crippen LogP contribution in [0.4, 0.5) is 5.69 Å². The molecule has 1 atom stereocenters. The molecule has 2 heterocycles. The fourth-order valence-corrected chi connectivity index (χ4v) is 5.08.